The molecule has 30 heavy (non-hydrogen) atoms. The fourth-order valence-electron chi connectivity index (χ4n) is 3.64. The van der Waals surface area contributed by atoms with Crippen LogP contribution in [0.2, 0.25) is 5.02 Å². The zero-order valence-electron chi connectivity index (χ0n) is 16.0. The molecule has 0 saturated heterocycles. The van der Waals surface area contributed by atoms with E-state index in [4.69, 9.17) is 11.6 Å². The van der Waals surface area contributed by atoms with Crippen LogP contribution in [0.4, 0.5) is 4.39 Å². The van der Waals surface area contributed by atoms with E-state index in [1.807, 2.05) is 16.7 Å². The molecule has 2 aromatic carbocycles. The Balaban J connectivity index is 1.95. The van der Waals surface area contributed by atoms with Gasteiger partial charge in [0.25, 0.3) is 5.56 Å². The standard InChI is InChI=1S/C21H15ClFN5O2/c1-25-18-17(19(29)26(2)21(25)30)27-11-16(12-3-5-13(22)6-4-12)28(20(27)24-18)15-9-7-14(23)8-10-15/h3-11H,1-2H3. The van der Waals surface area contributed by atoms with Crippen molar-refractivity contribution in [3.8, 4) is 16.9 Å². The minimum atomic E-state index is -0.459. The average Bonchev–Trinajstić information content (AvgIpc) is 3.28. The number of aromatic nitrogens is 5. The van der Waals surface area contributed by atoms with E-state index in [0.717, 1.165) is 15.8 Å². The van der Waals surface area contributed by atoms with Crippen LogP contribution in [-0.4, -0.2) is 23.1 Å². The number of imidazole rings is 2. The lowest BCUT2D eigenvalue weighted by molar-refractivity contribution is 0.627. The van der Waals surface area contributed by atoms with E-state index in [-0.39, 0.29) is 17.0 Å². The third-order valence-corrected chi connectivity index (χ3v) is 5.44. The Kier molecular flexibility index (Phi) is 3.94. The molecule has 3 heterocycles. The summed E-state index contributed by atoms with van der Waals surface area (Å²) >= 11 is 6.04. The molecule has 3 aromatic heterocycles. The van der Waals surface area contributed by atoms with Crippen LogP contribution >= 0.6 is 11.6 Å². The van der Waals surface area contributed by atoms with Gasteiger partial charge in [-0.1, -0.05) is 23.7 Å². The smallest absolute Gasteiger partial charge is 0.279 e. The third kappa shape index (κ3) is 2.54. The van der Waals surface area contributed by atoms with Crippen molar-refractivity contribution in [3.05, 3.63) is 86.4 Å². The second kappa shape index (κ2) is 6.43. The molecule has 7 nitrogen and oxygen atoms in total. The summed E-state index contributed by atoms with van der Waals surface area (Å²) in [6, 6.07) is 13.2. The molecule has 5 rings (SSSR count). The van der Waals surface area contributed by atoms with Crippen molar-refractivity contribution in [1.82, 2.24) is 23.1 Å². The minimum Gasteiger partial charge on any atom is -0.279 e. The molecule has 0 saturated carbocycles. The van der Waals surface area contributed by atoms with E-state index in [9.17, 15) is 14.0 Å². The molecular formula is C21H15ClFN5O2. The topological polar surface area (TPSA) is 66.2 Å². The Labute approximate surface area is 173 Å². The lowest BCUT2D eigenvalue weighted by atomic mass is 10.1. The van der Waals surface area contributed by atoms with Gasteiger partial charge in [-0.2, -0.15) is 4.98 Å². The zero-order chi connectivity index (χ0) is 21.2. The number of halogens is 2. The van der Waals surface area contributed by atoms with E-state index in [2.05, 4.69) is 4.98 Å². The number of aryl methyl sites for hydroxylation is 1. The van der Waals surface area contributed by atoms with Gasteiger partial charge in [-0.3, -0.25) is 22.9 Å². The van der Waals surface area contributed by atoms with Gasteiger partial charge in [-0.05, 0) is 36.4 Å². The Bertz CT molecular complexity index is 1560. The van der Waals surface area contributed by atoms with Crippen LogP contribution in [0.3, 0.4) is 0 Å². The first kappa shape index (κ1) is 18.4. The van der Waals surface area contributed by atoms with Crippen LogP contribution in [-0.2, 0) is 14.1 Å². The van der Waals surface area contributed by atoms with Crippen molar-refractivity contribution in [2.45, 2.75) is 0 Å². The fourth-order valence-corrected chi connectivity index (χ4v) is 3.77. The summed E-state index contributed by atoms with van der Waals surface area (Å²) in [5.74, 6) is 0.0691. The largest absolute Gasteiger partial charge is 0.332 e. The highest BCUT2D eigenvalue weighted by Crippen LogP contribution is 2.29. The second-order valence-electron chi connectivity index (χ2n) is 6.99. The molecule has 0 spiro atoms. The van der Waals surface area contributed by atoms with Crippen molar-refractivity contribution < 1.29 is 4.39 Å². The van der Waals surface area contributed by atoms with Gasteiger partial charge >= 0.3 is 5.69 Å². The molecule has 0 amide bonds. The summed E-state index contributed by atoms with van der Waals surface area (Å²) in [6.07, 6.45) is 1.78. The van der Waals surface area contributed by atoms with Crippen molar-refractivity contribution in [3.63, 3.8) is 0 Å². The number of fused-ring (bicyclic) bond motifs is 3. The summed E-state index contributed by atoms with van der Waals surface area (Å²) in [7, 11) is 3.00. The first-order valence-electron chi connectivity index (χ1n) is 9.08. The molecule has 0 unspecified atom stereocenters. The van der Waals surface area contributed by atoms with Gasteiger partial charge in [0.1, 0.15) is 5.82 Å². The van der Waals surface area contributed by atoms with Crippen LogP contribution in [0, 0.1) is 5.82 Å². The summed E-state index contributed by atoms with van der Waals surface area (Å²) in [4.78, 5) is 29.8. The van der Waals surface area contributed by atoms with Crippen LogP contribution < -0.4 is 11.2 Å². The van der Waals surface area contributed by atoms with Gasteiger partial charge in [0.2, 0.25) is 5.78 Å². The van der Waals surface area contributed by atoms with Crippen LogP contribution in [0.5, 0.6) is 0 Å². The summed E-state index contributed by atoms with van der Waals surface area (Å²) in [6.45, 7) is 0. The quantitative estimate of drug-likeness (QED) is 0.438. The van der Waals surface area contributed by atoms with Gasteiger partial charge in [0, 0.05) is 36.6 Å². The molecular weight excluding hydrogens is 409 g/mol. The summed E-state index contributed by atoms with van der Waals surface area (Å²) in [5, 5.41) is 0.595. The van der Waals surface area contributed by atoms with Crippen molar-refractivity contribution in [1.29, 1.82) is 0 Å². The molecule has 150 valence electrons. The molecule has 0 atom stereocenters. The zero-order valence-corrected chi connectivity index (χ0v) is 16.8. The molecule has 9 heteroatoms. The van der Waals surface area contributed by atoms with Crippen LogP contribution in [0.15, 0.2) is 64.3 Å². The van der Waals surface area contributed by atoms with Crippen molar-refractivity contribution >= 4 is 28.5 Å². The summed E-state index contributed by atoms with van der Waals surface area (Å²) in [5.41, 5.74) is 1.89. The highest BCUT2D eigenvalue weighted by molar-refractivity contribution is 6.30. The van der Waals surface area contributed by atoms with E-state index >= 15 is 0 Å². The number of benzene rings is 2. The first-order chi connectivity index (χ1) is 14.4. The van der Waals surface area contributed by atoms with Crippen molar-refractivity contribution in [2.24, 2.45) is 14.1 Å². The first-order valence-corrected chi connectivity index (χ1v) is 9.46. The van der Waals surface area contributed by atoms with Crippen LogP contribution in [0.1, 0.15) is 0 Å². The lowest BCUT2D eigenvalue weighted by Gasteiger charge is -2.09. The molecule has 5 aromatic rings. The normalized spacial score (nSPS) is 11.6. The summed E-state index contributed by atoms with van der Waals surface area (Å²) < 4.78 is 19.4. The molecule has 0 radical (unpaired) electrons. The van der Waals surface area contributed by atoms with Gasteiger partial charge in [0.05, 0.1) is 5.69 Å². The van der Waals surface area contributed by atoms with Gasteiger partial charge < -0.3 is 0 Å². The third-order valence-electron chi connectivity index (χ3n) is 5.19. The monoisotopic (exact) mass is 423 g/mol. The molecule has 0 aliphatic heterocycles. The Morgan fingerprint density at radius 3 is 2.27 bits per heavy atom. The Morgan fingerprint density at radius 1 is 0.933 bits per heavy atom. The fraction of sp³-hybridized carbons (Fsp3) is 0.0952. The molecule has 0 N–H and O–H groups in total. The predicted molar refractivity (Wildman–Crippen MR) is 113 cm³/mol. The van der Waals surface area contributed by atoms with Gasteiger partial charge in [-0.15, -0.1) is 0 Å². The molecule has 0 bridgehead atoms. The Morgan fingerprint density at radius 2 is 1.60 bits per heavy atom. The van der Waals surface area contributed by atoms with E-state index in [1.54, 1.807) is 41.9 Å². The molecule has 0 aliphatic carbocycles. The molecule has 0 aliphatic rings. The number of rotatable bonds is 2. The highest BCUT2D eigenvalue weighted by Gasteiger charge is 2.21. The SMILES string of the molecule is Cn1c(=O)c2c(nc3n(-c4ccc(F)cc4)c(-c4ccc(Cl)cc4)cn23)n(C)c1=O. The van der Waals surface area contributed by atoms with Crippen molar-refractivity contribution in [2.75, 3.05) is 0 Å². The van der Waals surface area contributed by atoms with E-state index in [0.29, 0.717) is 16.5 Å². The highest BCUT2D eigenvalue weighted by atomic mass is 35.5. The maximum absolute atomic E-state index is 13.5. The Hall–Kier alpha value is -3.65. The average molecular weight is 424 g/mol. The van der Waals surface area contributed by atoms with Gasteiger partial charge in [-0.25, -0.2) is 9.18 Å². The number of hydrogen-bond donors (Lipinski definition) is 0. The number of hydrogen-bond acceptors (Lipinski definition) is 3. The minimum absolute atomic E-state index is 0.275. The predicted octanol–water partition coefficient (Wildman–Crippen LogP) is 3.14. The van der Waals surface area contributed by atoms with Gasteiger partial charge in [0.15, 0.2) is 11.2 Å². The van der Waals surface area contributed by atoms with Crippen LogP contribution in [0.25, 0.3) is 33.9 Å². The maximum Gasteiger partial charge on any atom is 0.332 e. The van der Waals surface area contributed by atoms with E-state index < -0.39 is 11.2 Å². The van der Waals surface area contributed by atoms with E-state index in [1.165, 1.54) is 23.7 Å². The molecule has 0 fully saturated rings. The second-order valence-corrected chi connectivity index (χ2v) is 7.43. The number of nitrogens with zero attached hydrogens (tertiary/aromatic N) is 5. The lowest BCUT2D eigenvalue weighted by Crippen LogP contribution is -2.37. The maximum atomic E-state index is 13.5.